The van der Waals surface area contributed by atoms with Gasteiger partial charge in [-0.15, -0.1) is 0 Å². The summed E-state index contributed by atoms with van der Waals surface area (Å²) in [6.45, 7) is 9.40. The topological polar surface area (TPSA) is 12.0 Å². The number of halogens is 2. The molecule has 1 N–H and O–H groups in total. The van der Waals surface area contributed by atoms with Crippen LogP contribution < -0.4 is 5.32 Å². The van der Waals surface area contributed by atoms with Gasteiger partial charge in [-0.2, -0.15) is 0 Å². The summed E-state index contributed by atoms with van der Waals surface area (Å²) in [7, 11) is 0. The Labute approximate surface area is 124 Å². The molecule has 0 heterocycles. The lowest BCUT2D eigenvalue weighted by molar-refractivity contribution is 0.523. The molecule has 1 rings (SSSR count). The van der Waals surface area contributed by atoms with Gasteiger partial charge in [-0.3, -0.25) is 0 Å². The van der Waals surface area contributed by atoms with E-state index in [1.165, 1.54) is 5.57 Å². The van der Waals surface area contributed by atoms with Crippen LogP contribution in [0.3, 0.4) is 0 Å². The van der Waals surface area contributed by atoms with E-state index >= 15 is 0 Å². The molecular formula is C15H21BrClN. The molecule has 1 atom stereocenters. The van der Waals surface area contributed by atoms with Gasteiger partial charge in [-0.05, 0) is 49.6 Å². The normalized spacial score (nSPS) is 12.4. The number of hydrogen-bond donors (Lipinski definition) is 1. The smallest absolute Gasteiger partial charge is 0.0454 e. The number of benzene rings is 1. The summed E-state index contributed by atoms with van der Waals surface area (Å²) in [5.74, 6) is 0. The Morgan fingerprint density at radius 3 is 2.78 bits per heavy atom. The molecule has 3 heteroatoms. The molecule has 1 nitrogen and oxygen atoms in total. The second-order valence-electron chi connectivity index (χ2n) is 4.48. The van der Waals surface area contributed by atoms with Crippen molar-refractivity contribution in [2.45, 2.75) is 39.2 Å². The molecule has 0 aliphatic carbocycles. The van der Waals surface area contributed by atoms with Crippen LogP contribution in [0.4, 0.5) is 0 Å². The van der Waals surface area contributed by atoms with Crippen LogP contribution >= 0.6 is 27.5 Å². The molecule has 0 saturated heterocycles. The van der Waals surface area contributed by atoms with Crippen LogP contribution in [0.25, 0.3) is 0 Å². The third-order valence-electron chi connectivity index (χ3n) is 2.97. The van der Waals surface area contributed by atoms with Crippen molar-refractivity contribution in [3.05, 3.63) is 45.4 Å². The maximum Gasteiger partial charge on any atom is 0.0454 e. The average molecular weight is 331 g/mol. The molecule has 0 amide bonds. The van der Waals surface area contributed by atoms with Crippen molar-refractivity contribution >= 4 is 27.5 Å². The Morgan fingerprint density at radius 2 is 2.17 bits per heavy atom. The lowest BCUT2D eigenvalue weighted by atomic mass is 9.98. The molecule has 1 aromatic carbocycles. The highest BCUT2D eigenvalue weighted by Crippen LogP contribution is 2.30. The lowest BCUT2D eigenvalue weighted by Gasteiger charge is -2.21. The molecule has 0 aromatic heterocycles. The zero-order valence-corrected chi connectivity index (χ0v) is 13.4. The quantitative estimate of drug-likeness (QED) is 0.651. The van der Waals surface area contributed by atoms with Crippen LogP contribution in [0.2, 0.25) is 5.02 Å². The largest absolute Gasteiger partial charge is 0.310 e. The Bertz CT molecular complexity index is 403. The van der Waals surface area contributed by atoms with E-state index in [-0.39, 0.29) is 6.04 Å². The third kappa shape index (κ3) is 4.75. The molecule has 0 bridgehead atoms. The second-order valence-corrected chi connectivity index (χ2v) is 5.80. The minimum absolute atomic E-state index is 0.252. The van der Waals surface area contributed by atoms with Crippen molar-refractivity contribution < 1.29 is 0 Å². The van der Waals surface area contributed by atoms with Gasteiger partial charge < -0.3 is 5.32 Å². The van der Waals surface area contributed by atoms with Crippen LogP contribution in [0, 0.1) is 0 Å². The van der Waals surface area contributed by atoms with Crippen molar-refractivity contribution in [3.8, 4) is 0 Å². The van der Waals surface area contributed by atoms with Gasteiger partial charge in [0, 0.05) is 15.5 Å². The van der Waals surface area contributed by atoms with E-state index in [1.807, 2.05) is 12.1 Å². The summed E-state index contributed by atoms with van der Waals surface area (Å²) >= 11 is 9.81. The summed E-state index contributed by atoms with van der Waals surface area (Å²) in [4.78, 5) is 0. The van der Waals surface area contributed by atoms with Gasteiger partial charge in [-0.25, -0.2) is 0 Å². The maximum atomic E-state index is 6.31. The highest BCUT2D eigenvalue weighted by atomic mass is 79.9. The van der Waals surface area contributed by atoms with Crippen LogP contribution in [0.1, 0.15) is 44.7 Å². The average Bonchev–Trinajstić information content (AvgIpc) is 2.37. The molecule has 0 spiro atoms. The first-order chi connectivity index (χ1) is 8.58. The highest BCUT2D eigenvalue weighted by molar-refractivity contribution is 9.10. The van der Waals surface area contributed by atoms with E-state index < -0.39 is 0 Å². The fourth-order valence-electron chi connectivity index (χ4n) is 1.83. The molecule has 0 aliphatic rings. The van der Waals surface area contributed by atoms with E-state index in [2.05, 4.69) is 47.7 Å². The van der Waals surface area contributed by atoms with Gasteiger partial charge >= 0.3 is 0 Å². The Hall–Kier alpha value is -0.310. The maximum absolute atomic E-state index is 6.31. The first-order valence-electron chi connectivity index (χ1n) is 6.43. The van der Waals surface area contributed by atoms with Crippen molar-refractivity contribution in [3.63, 3.8) is 0 Å². The first-order valence-corrected chi connectivity index (χ1v) is 7.60. The Morgan fingerprint density at radius 1 is 1.44 bits per heavy atom. The van der Waals surface area contributed by atoms with E-state index in [1.54, 1.807) is 0 Å². The predicted molar refractivity (Wildman–Crippen MR) is 84.2 cm³/mol. The minimum Gasteiger partial charge on any atom is -0.310 e. The summed E-state index contributed by atoms with van der Waals surface area (Å²) in [6, 6.07) is 6.26. The van der Waals surface area contributed by atoms with E-state index in [4.69, 9.17) is 11.6 Å². The fourth-order valence-corrected chi connectivity index (χ4v) is 2.45. The fraction of sp³-hybridized carbons (Fsp3) is 0.467. The van der Waals surface area contributed by atoms with Gasteiger partial charge in [0.15, 0.2) is 0 Å². The Balaban J connectivity index is 2.92. The molecule has 18 heavy (non-hydrogen) atoms. The number of nitrogens with one attached hydrogen (secondary N) is 1. The number of rotatable bonds is 7. The molecule has 0 fully saturated rings. The highest BCUT2D eigenvalue weighted by Gasteiger charge is 2.15. The van der Waals surface area contributed by atoms with Gasteiger partial charge in [-0.1, -0.05) is 53.5 Å². The predicted octanol–water partition coefficient (Wildman–Crippen LogP) is 5.50. The zero-order valence-electron chi connectivity index (χ0n) is 11.1. The SMILES string of the molecule is C=C(CC)CC(NCCC)c1cc(Br)ccc1Cl. The summed E-state index contributed by atoms with van der Waals surface area (Å²) in [5, 5.41) is 4.37. The molecule has 0 saturated carbocycles. The summed E-state index contributed by atoms with van der Waals surface area (Å²) in [5.41, 5.74) is 2.40. The summed E-state index contributed by atoms with van der Waals surface area (Å²) in [6.07, 6.45) is 3.06. The standard InChI is InChI=1S/C15H21BrClN/c1-4-8-18-15(9-11(3)5-2)13-10-12(16)6-7-14(13)17/h6-7,10,15,18H,3-5,8-9H2,1-2H3. The van der Waals surface area contributed by atoms with Crippen molar-refractivity contribution in [1.29, 1.82) is 0 Å². The third-order valence-corrected chi connectivity index (χ3v) is 3.80. The van der Waals surface area contributed by atoms with Gasteiger partial charge in [0.2, 0.25) is 0 Å². The van der Waals surface area contributed by atoms with E-state index in [0.29, 0.717) is 0 Å². The van der Waals surface area contributed by atoms with Crippen LogP contribution in [-0.4, -0.2) is 6.54 Å². The van der Waals surface area contributed by atoms with Crippen molar-refractivity contribution in [2.75, 3.05) is 6.54 Å². The van der Waals surface area contributed by atoms with Crippen LogP contribution in [0.5, 0.6) is 0 Å². The van der Waals surface area contributed by atoms with Gasteiger partial charge in [0.1, 0.15) is 0 Å². The zero-order chi connectivity index (χ0) is 13.5. The molecule has 1 aromatic rings. The second kappa shape index (κ2) is 7.98. The van der Waals surface area contributed by atoms with Crippen LogP contribution in [0.15, 0.2) is 34.8 Å². The first kappa shape index (κ1) is 15.7. The van der Waals surface area contributed by atoms with E-state index in [0.717, 1.165) is 40.9 Å². The molecule has 100 valence electrons. The molecule has 1 unspecified atom stereocenters. The van der Waals surface area contributed by atoms with Gasteiger partial charge in [0.05, 0.1) is 0 Å². The van der Waals surface area contributed by atoms with Gasteiger partial charge in [0.25, 0.3) is 0 Å². The summed E-state index contributed by atoms with van der Waals surface area (Å²) < 4.78 is 1.06. The number of hydrogen-bond acceptors (Lipinski definition) is 1. The monoisotopic (exact) mass is 329 g/mol. The van der Waals surface area contributed by atoms with E-state index in [9.17, 15) is 0 Å². The molecule has 0 radical (unpaired) electrons. The lowest BCUT2D eigenvalue weighted by Crippen LogP contribution is -2.23. The van der Waals surface area contributed by atoms with Crippen LogP contribution in [-0.2, 0) is 0 Å². The molecular weight excluding hydrogens is 310 g/mol. The molecule has 0 aliphatic heterocycles. The van der Waals surface area contributed by atoms with Crippen molar-refractivity contribution in [2.24, 2.45) is 0 Å². The minimum atomic E-state index is 0.252. The Kier molecular flexibility index (Phi) is 6.98. The van der Waals surface area contributed by atoms with Crippen molar-refractivity contribution in [1.82, 2.24) is 5.32 Å².